The summed E-state index contributed by atoms with van der Waals surface area (Å²) in [4.78, 5) is 0. The number of hydrogen-bond acceptors (Lipinski definition) is 3. The van der Waals surface area contributed by atoms with E-state index in [9.17, 15) is 0 Å². The number of nitrogens with one attached hydrogen (secondary N) is 1. The van der Waals surface area contributed by atoms with Gasteiger partial charge >= 0.3 is 0 Å². The van der Waals surface area contributed by atoms with E-state index < -0.39 is 0 Å². The Balaban J connectivity index is 1.87. The topological polar surface area (TPSA) is 30.5 Å². The van der Waals surface area contributed by atoms with Gasteiger partial charge in [0.15, 0.2) is 11.5 Å². The Morgan fingerprint density at radius 3 is 2.52 bits per heavy atom. The molecule has 0 saturated heterocycles. The second-order valence-electron chi connectivity index (χ2n) is 6.01. The Kier molecular flexibility index (Phi) is 6.48. The molecule has 0 aliphatic heterocycles. The van der Waals surface area contributed by atoms with E-state index in [-0.39, 0.29) is 6.10 Å². The van der Waals surface area contributed by atoms with Crippen molar-refractivity contribution in [1.29, 1.82) is 0 Å². The van der Waals surface area contributed by atoms with E-state index in [2.05, 4.69) is 42.6 Å². The predicted octanol–water partition coefficient (Wildman–Crippen LogP) is 4.12. The Labute approximate surface area is 139 Å². The lowest BCUT2D eigenvalue weighted by molar-refractivity contribution is 0.230. The quantitative estimate of drug-likeness (QED) is 0.744. The van der Waals surface area contributed by atoms with E-state index in [0.717, 1.165) is 31.0 Å². The fourth-order valence-electron chi connectivity index (χ4n) is 2.52. The Hall–Kier alpha value is -2.00. The van der Waals surface area contributed by atoms with Crippen LogP contribution in [0.3, 0.4) is 0 Å². The molecule has 0 fully saturated rings. The number of ether oxygens (including phenoxy) is 2. The van der Waals surface area contributed by atoms with Crippen molar-refractivity contribution in [3.8, 4) is 11.5 Å². The summed E-state index contributed by atoms with van der Waals surface area (Å²) in [7, 11) is 1.68. The van der Waals surface area contributed by atoms with Crippen LogP contribution in [0.1, 0.15) is 30.5 Å². The number of benzene rings is 2. The van der Waals surface area contributed by atoms with Gasteiger partial charge in [0.1, 0.15) is 0 Å². The lowest BCUT2D eigenvalue weighted by atomic mass is 10.1. The minimum absolute atomic E-state index is 0.141. The van der Waals surface area contributed by atoms with E-state index in [0.29, 0.717) is 0 Å². The molecule has 3 nitrogen and oxygen atoms in total. The molecule has 0 unspecified atom stereocenters. The molecule has 2 aromatic carbocycles. The normalized spacial score (nSPS) is 10.8. The molecule has 0 heterocycles. The first kappa shape index (κ1) is 17.4. The number of rotatable bonds is 8. The molecule has 2 aromatic rings. The van der Waals surface area contributed by atoms with Crippen molar-refractivity contribution in [2.45, 2.75) is 39.8 Å². The van der Waals surface area contributed by atoms with Crippen LogP contribution in [-0.4, -0.2) is 19.8 Å². The Bertz CT molecular complexity index is 623. The van der Waals surface area contributed by atoms with Gasteiger partial charge in [0.2, 0.25) is 0 Å². The van der Waals surface area contributed by atoms with E-state index in [4.69, 9.17) is 9.47 Å². The second kappa shape index (κ2) is 8.59. The predicted molar refractivity (Wildman–Crippen MR) is 95.3 cm³/mol. The van der Waals surface area contributed by atoms with Crippen LogP contribution in [0.2, 0.25) is 0 Å². The zero-order valence-electron chi connectivity index (χ0n) is 14.6. The monoisotopic (exact) mass is 313 g/mol. The van der Waals surface area contributed by atoms with Crippen LogP contribution in [0.15, 0.2) is 42.5 Å². The third-order valence-electron chi connectivity index (χ3n) is 3.75. The Morgan fingerprint density at radius 1 is 1.04 bits per heavy atom. The van der Waals surface area contributed by atoms with Gasteiger partial charge in [0.25, 0.3) is 0 Å². The van der Waals surface area contributed by atoms with Crippen LogP contribution in [0.4, 0.5) is 0 Å². The highest BCUT2D eigenvalue weighted by Gasteiger charge is 2.07. The second-order valence-corrected chi connectivity index (χ2v) is 6.01. The summed E-state index contributed by atoms with van der Waals surface area (Å²) in [5, 5.41) is 3.49. The first-order valence-electron chi connectivity index (χ1n) is 8.19. The molecule has 1 N–H and O–H groups in total. The SMILES string of the molecule is COc1cc(CNCCc2ccccc2C)ccc1OC(C)C. The van der Waals surface area contributed by atoms with Crippen molar-refractivity contribution >= 4 is 0 Å². The molecule has 0 aromatic heterocycles. The highest BCUT2D eigenvalue weighted by Crippen LogP contribution is 2.28. The molecule has 124 valence electrons. The van der Waals surface area contributed by atoms with Gasteiger partial charge in [0, 0.05) is 6.54 Å². The lowest BCUT2D eigenvalue weighted by Crippen LogP contribution is -2.17. The van der Waals surface area contributed by atoms with Crippen molar-refractivity contribution < 1.29 is 9.47 Å². The molecule has 0 bridgehead atoms. The molecule has 0 aliphatic carbocycles. The third kappa shape index (κ3) is 5.29. The summed E-state index contributed by atoms with van der Waals surface area (Å²) in [6.07, 6.45) is 1.18. The zero-order valence-corrected chi connectivity index (χ0v) is 14.6. The minimum Gasteiger partial charge on any atom is -0.493 e. The van der Waals surface area contributed by atoms with Crippen molar-refractivity contribution in [2.75, 3.05) is 13.7 Å². The molecular weight excluding hydrogens is 286 g/mol. The van der Waals surface area contributed by atoms with Gasteiger partial charge in [-0.05, 0) is 62.6 Å². The molecule has 23 heavy (non-hydrogen) atoms. The maximum atomic E-state index is 5.74. The number of hydrogen-bond donors (Lipinski definition) is 1. The molecule has 2 rings (SSSR count). The van der Waals surface area contributed by atoms with Gasteiger partial charge in [-0.2, -0.15) is 0 Å². The molecule has 0 spiro atoms. The molecule has 0 radical (unpaired) electrons. The summed E-state index contributed by atoms with van der Waals surface area (Å²) in [5.74, 6) is 1.59. The summed E-state index contributed by atoms with van der Waals surface area (Å²) in [6, 6.07) is 14.6. The number of methoxy groups -OCH3 is 1. The first-order chi connectivity index (χ1) is 11.1. The first-order valence-corrected chi connectivity index (χ1v) is 8.19. The minimum atomic E-state index is 0.141. The standard InChI is InChI=1S/C20H27NO2/c1-15(2)23-19-10-9-17(13-20(19)22-4)14-21-12-11-18-8-6-5-7-16(18)3/h5-10,13,15,21H,11-12,14H2,1-4H3. The Morgan fingerprint density at radius 2 is 1.83 bits per heavy atom. The molecule has 0 amide bonds. The van der Waals surface area contributed by atoms with E-state index in [1.807, 2.05) is 26.0 Å². The van der Waals surface area contributed by atoms with Gasteiger partial charge < -0.3 is 14.8 Å². The van der Waals surface area contributed by atoms with Crippen LogP contribution in [-0.2, 0) is 13.0 Å². The van der Waals surface area contributed by atoms with E-state index in [1.54, 1.807) is 7.11 Å². The van der Waals surface area contributed by atoms with Crippen LogP contribution in [0.5, 0.6) is 11.5 Å². The van der Waals surface area contributed by atoms with Crippen molar-refractivity contribution in [2.24, 2.45) is 0 Å². The van der Waals surface area contributed by atoms with Crippen LogP contribution in [0, 0.1) is 6.92 Å². The van der Waals surface area contributed by atoms with Gasteiger partial charge in [0.05, 0.1) is 13.2 Å². The van der Waals surface area contributed by atoms with Crippen LogP contribution < -0.4 is 14.8 Å². The average Bonchev–Trinajstić information content (AvgIpc) is 2.53. The smallest absolute Gasteiger partial charge is 0.161 e. The van der Waals surface area contributed by atoms with E-state index >= 15 is 0 Å². The number of aryl methyl sites for hydroxylation is 1. The van der Waals surface area contributed by atoms with E-state index in [1.165, 1.54) is 16.7 Å². The highest BCUT2D eigenvalue weighted by molar-refractivity contribution is 5.43. The fourth-order valence-corrected chi connectivity index (χ4v) is 2.52. The molecular formula is C20H27NO2. The molecule has 0 saturated carbocycles. The van der Waals surface area contributed by atoms with Crippen LogP contribution >= 0.6 is 0 Å². The van der Waals surface area contributed by atoms with Crippen LogP contribution in [0.25, 0.3) is 0 Å². The lowest BCUT2D eigenvalue weighted by Gasteiger charge is -2.15. The maximum absolute atomic E-state index is 5.74. The average molecular weight is 313 g/mol. The van der Waals surface area contributed by atoms with Crippen molar-refractivity contribution in [1.82, 2.24) is 5.32 Å². The summed E-state index contributed by atoms with van der Waals surface area (Å²) >= 11 is 0. The summed E-state index contributed by atoms with van der Waals surface area (Å²) in [6.45, 7) is 7.97. The van der Waals surface area contributed by atoms with Crippen molar-refractivity contribution in [3.63, 3.8) is 0 Å². The largest absolute Gasteiger partial charge is 0.493 e. The summed E-state index contributed by atoms with van der Waals surface area (Å²) in [5.41, 5.74) is 3.95. The molecule has 0 atom stereocenters. The fraction of sp³-hybridized carbons (Fsp3) is 0.400. The zero-order chi connectivity index (χ0) is 16.7. The third-order valence-corrected chi connectivity index (χ3v) is 3.75. The van der Waals surface area contributed by atoms with Gasteiger partial charge in [-0.25, -0.2) is 0 Å². The maximum Gasteiger partial charge on any atom is 0.161 e. The summed E-state index contributed by atoms with van der Waals surface area (Å²) < 4.78 is 11.2. The van der Waals surface area contributed by atoms with Crippen molar-refractivity contribution in [3.05, 3.63) is 59.2 Å². The highest BCUT2D eigenvalue weighted by atomic mass is 16.5. The van der Waals surface area contributed by atoms with Gasteiger partial charge in [-0.15, -0.1) is 0 Å². The molecule has 3 heteroatoms. The van der Waals surface area contributed by atoms with Gasteiger partial charge in [-0.1, -0.05) is 30.3 Å². The molecule has 0 aliphatic rings. The van der Waals surface area contributed by atoms with Gasteiger partial charge in [-0.3, -0.25) is 0 Å².